The number of carbonyl (C=O) groups excluding carboxylic acids is 2. The zero-order valence-corrected chi connectivity index (χ0v) is 27.1. The summed E-state index contributed by atoms with van der Waals surface area (Å²) in [5.41, 5.74) is 28.5. The molecular formula is C38H44N8O2. The van der Waals surface area contributed by atoms with E-state index >= 15 is 0 Å². The molecule has 0 spiro atoms. The highest BCUT2D eigenvalue weighted by molar-refractivity contribution is 5.97. The molecule has 5 rings (SSSR count). The summed E-state index contributed by atoms with van der Waals surface area (Å²) >= 11 is 0. The lowest BCUT2D eigenvalue weighted by Crippen LogP contribution is -2.64. The van der Waals surface area contributed by atoms with Crippen molar-refractivity contribution in [2.45, 2.75) is 50.9 Å². The molecule has 0 radical (unpaired) electrons. The minimum absolute atomic E-state index is 0.00201. The third-order valence-corrected chi connectivity index (χ3v) is 8.58. The summed E-state index contributed by atoms with van der Waals surface area (Å²) in [4.78, 5) is 40.6. The van der Waals surface area contributed by atoms with Crippen molar-refractivity contribution in [2.24, 2.45) is 32.9 Å². The summed E-state index contributed by atoms with van der Waals surface area (Å²) in [5.74, 6) is -0.200. The van der Waals surface area contributed by atoms with Gasteiger partial charge in [0.25, 0.3) is 0 Å². The van der Waals surface area contributed by atoms with E-state index in [-0.39, 0.29) is 23.7 Å². The molecule has 0 bridgehead atoms. The molecule has 1 fully saturated rings. The SMILES string of the molecule is NC(N)=NCCC[C@@H]1C(=O)N(Cc2ccc(-c3ccccc3)cc2)[C@H](CCCN=C(N)N)C(=O)N1Cc1ccc(-c2ccccc2)cc1. The first-order valence-corrected chi connectivity index (χ1v) is 16.3. The largest absolute Gasteiger partial charge is 0.370 e. The second-order valence-corrected chi connectivity index (χ2v) is 12.0. The van der Waals surface area contributed by atoms with E-state index in [1.54, 1.807) is 9.80 Å². The molecule has 1 saturated heterocycles. The van der Waals surface area contributed by atoms with Gasteiger partial charge in [0.15, 0.2) is 11.9 Å². The van der Waals surface area contributed by atoms with Crippen LogP contribution in [0.15, 0.2) is 119 Å². The van der Waals surface area contributed by atoms with Crippen LogP contribution in [0, 0.1) is 0 Å². The predicted molar refractivity (Wildman–Crippen MR) is 192 cm³/mol. The van der Waals surface area contributed by atoms with Crippen LogP contribution in [-0.4, -0.2) is 58.7 Å². The summed E-state index contributed by atoms with van der Waals surface area (Å²) in [5, 5.41) is 0. The van der Waals surface area contributed by atoms with Crippen molar-refractivity contribution >= 4 is 23.7 Å². The van der Waals surface area contributed by atoms with Gasteiger partial charge in [-0.15, -0.1) is 0 Å². The van der Waals surface area contributed by atoms with E-state index in [1.165, 1.54) is 0 Å². The van der Waals surface area contributed by atoms with Gasteiger partial charge in [-0.2, -0.15) is 0 Å². The second-order valence-electron chi connectivity index (χ2n) is 12.0. The summed E-state index contributed by atoms with van der Waals surface area (Å²) in [6.07, 6.45) is 1.93. The quantitative estimate of drug-likeness (QED) is 0.0909. The number of carbonyl (C=O) groups is 2. The lowest BCUT2D eigenvalue weighted by Gasteiger charge is -2.45. The molecule has 4 aromatic carbocycles. The summed E-state index contributed by atoms with van der Waals surface area (Å²) < 4.78 is 0. The Bertz CT molecular complexity index is 1570. The van der Waals surface area contributed by atoms with Crippen molar-refractivity contribution in [3.8, 4) is 22.3 Å². The van der Waals surface area contributed by atoms with Crippen LogP contribution in [0.4, 0.5) is 0 Å². The Hall–Kier alpha value is -5.64. The van der Waals surface area contributed by atoms with Gasteiger partial charge in [-0.05, 0) is 59.1 Å². The van der Waals surface area contributed by atoms with Crippen LogP contribution >= 0.6 is 0 Å². The molecule has 10 nitrogen and oxygen atoms in total. The van der Waals surface area contributed by atoms with Crippen LogP contribution in [-0.2, 0) is 22.7 Å². The Morgan fingerprint density at radius 1 is 0.500 bits per heavy atom. The topological polar surface area (TPSA) is 169 Å². The zero-order chi connectivity index (χ0) is 33.9. The third-order valence-electron chi connectivity index (χ3n) is 8.58. The molecule has 0 aliphatic carbocycles. The lowest BCUT2D eigenvalue weighted by molar-refractivity contribution is -0.164. The molecule has 2 atom stereocenters. The average Bonchev–Trinajstić information content (AvgIpc) is 3.10. The molecule has 1 aliphatic heterocycles. The highest BCUT2D eigenvalue weighted by atomic mass is 16.2. The predicted octanol–water partition coefficient (Wildman–Crippen LogP) is 4.24. The van der Waals surface area contributed by atoms with Crippen LogP contribution in [0.5, 0.6) is 0 Å². The van der Waals surface area contributed by atoms with Crippen molar-refractivity contribution in [3.05, 3.63) is 120 Å². The molecule has 1 heterocycles. The van der Waals surface area contributed by atoms with Gasteiger partial charge in [-0.3, -0.25) is 19.6 Å². The Morgan fingerprint density at radius 2 is 0.833 bits per heavy atom. The van der Waals surface area contributed by atoms with Gasteiger partial charge in [0.1, 0.15) is 12.1 Å². The van der Waals surface area contributed by atoms with Crippen molar-refractivity contribution in [1.82, 2.24) is 9.80 Å². The highest BCUT2D eigenvalue weighted by Gasteiger charge is 2.45. The van der Waals surface area contributed by atoms with Gasteiger partial charge in [0.2, 0.25) is 11.8 Å². The fraction of sp³-hybridized carbons (Fsp3) is 0.263. The van der Waals surface area contributed by atoms with Crippen LogP contribution in [0.2, 0.25) is 0 Å². The van der Waals surface area contributed by atoms with Crippen LogP contribution in [0.3, 0.4) is 0 Å². The lowest BCUT2D eigenvalue weighted by atomic mass is 9.95. The first-order valence-electron chi connectivity index (χ1n) is 16.3. The fourth-order valence-corrected chi connectivity index (χ4v) is 6.14. The van der Waals surface area contributed by atoms with E-state index in [1.807, 2.05) is 84.9 Å². The number of benzene rings is 4. The number of piperazine rings is 1. The Kier molecular flexibility index (Phi) is 11.4. The number of guanidine groups is 2. The average molecular weight is 645 g/mol. The maximum absolute atomic E-state index is 14.5. The number of hydrogen-bond acceptors (Lipinski definition) is 4. The first kappa shape index (κ1) is 33.7. The molecule has 0 unspecified atom stereocenters. The maximum Gasteiger partial charge on any atom is 0.246 e. The molecule has 0 saturated carbocycles. The maximum atomic E-state index is 14.5. The van der Waals surface area contributed by atoms with Crippen molar-refractivity contribution in [3.63, 3.8) is 0 Å². The highest BCUT2D eigenvalue weighted by Crippen LogP contribution is 2.29. The summed E-state index contributed by atoms with van der Waals surface area (Å²) in [6, 6.07) is 35.2. The molecule has 0 aromatic heterocycles. The third kappa shape index (κ3) is 8.79. The molecule has 248 valence electrons. The Balaban J connectivity index is 1.42. The van der Waals surface area contributed by atoms with E-state index in [2.05, 4.69) is 34.3 Å². The smallest absolute Gasteiger partial charge is 0.246 e. The van der Waals surface area contributed by atoms with E-state index in [4.69, 9.17) is 22.9 Å². The molecule has 4 aromatic rings. The molecule has 48 heavy (non-hydrogen) atoms. The van der Waals surface area contributed by atoms with Crippen molar-refractivity contribution < 1.29 is 9.59 Å². The van der Waals surface area contributed by atoms with Crippen LogP contribution < -0.4 is 22.9 Å². The van der Waals surface area contributed by atoms with Crippen LogP contribution in [0.1, 0.15) is 36.8 Å². The normalized spacial score (nSPS) is 16.1. The summed E-state index contributed by atoms with van der Waals surface area (Å²) in [6.45, 7) is 1.33. The Morgan fingerprint density at radius 3 is 1.17 bits per heavy atom. The van der Waals surface area contributed by atoms with Gasteiger partial charge in [-0.25, -0.2) is 0 Å². The molecule has 2 amide bonds. The van der Waals surface area contributed by atoms with Gasteiger partial charge in [0.05, 0.1) is 0 Å². The Labute approximate surface area is 282 Å². The van der Waals surface area contributed by atoms with Gasteiger partial charge >= 0.3 is 0 Å². The van der Waals surface area contributed by atoms with Crippen LogP contribution in [0.25, 0.3) is 22.3 Å². The number of nitrogens with zero attached hydrogens (tertiary/aromatic N) is 4. The van der Waals surface area contributed by atoms with Crippen molar-refractivity contribution in [1.29, 1.82) is 0 Å². The molecular weight excluding hydrogens is 600 g/mol. The van der Waals surface area contributed by atoms with Crippen molar-refractivity contribution in [2.75, 3.05) is 13.1 Å². The number of amides is 2. The number of rotatable bonds is 14. The molecule has 10 heteroatoms. The zero-order valence-electron chi connectivity index (χ0n) is 27.1. The molecule has 1 aliphatic rings. The van der Waals surface area contributed by atoms with E-state index in [0.717, 1.165) is 33.4 Å². The van der Waals surface area contributed by atoms with Gasteiger partial charge in [0, 0.05) is 26.2 Å². The van der Waals surface area contributed by atoms with Gasteiger partial charge in [-0.1, -0.05) is 109 Å². The number of aliphatic imine (C=N–C) groups is 2. The standard InChI is InChI=1S/C38H44N8O2/c39-37(40)43-23-7-13-33-36(48)46(26-28-17-21-32(22-18-28)30-11-5-2-6-12-30)34(14-8-24-44-38(41)42)35(47)45(33)25-27-15-19-31(20-16-27)29-9-3-1-4-10-29/h1-6,9-12,15-22,33-34H,7-8,13-14,23-26H2,(H4,39,40,43)(H4,41,42,44)/t33-,34-/m1/s1. The fourth-order valence-electron chi connectivity index (χ4n) is 6.14. The van der Waals surface area contributed by atoms with E-state index in [0.29, 0.717) is 51.9 Å². The van der Waals surface area contributed by atoms with Gasteiger partial charge < -0.3 is 32.7 Å². The number of hydrogen-bond donors (Lipinski definition) is 4. The minimum atomic E-state index is -0.668. The first-order chi connectivity index (χ1) is 23.3. The minimum Gasteiger partial charge on any atom is -0.370 e. The van der Waals surface area contributed by atoms with E-state index in [9.17, 15) is 9.59 Å². The summed E-state index contributed by atoms with van der Waals surface area (Å²) in [7, 11) is 0. The molecule has 8 N–H and O–H groups in total. The monoisotopic (exact) mass is 644 g/mol. The number of nitrogens with two attached hydrogens (primary N) is 4. The van der Waals surface area contributed by atoms with E-state index < -0.39 is 12.1 Å². The second kappa shape index (κ2) is 16.3.